The average Bonchev–Trinajstić information content (AvgIpc) is 2.41. The van der Waals surface area contributed by atoms with Crippen molar-refractivity contribution in [2.75, 3.05) is 26.2 Å². The average molecular weight is 269 g/mol. The summed E-state index contributed by atoms with van der Waals surface area (Å²) in [6.45, 7) is 4.93. The van der Waals surface area contributed by atoms with Crippen LogP contribution < -0.4 is 5.32 Å². The summed E-state index contributed by atoms with van der Waals surface area (Å²) in [6, 6.07) is 1.63. The van der Waals surface area contributed by atoms with Gasteiger partial charge in [0.05, 0.1) is 11.0 Å². The van der Waals surface area contributed by atoms with Gasteiger partial charge in [-0.2, -0.15) is 0 Å². The molecule has 6 nitrogen and oxygen atoms in total. The van der Waals surface area contributed by atoms with E-state index in [4.69, 9.17) is 0 Å². The van der Waals surface area contributed by atoms with Gasteiger partial charge < -0.3 is 10.4 Å². The summed E-state index contributed by atoms with van der Waals surface area (Å²) in [6.07, 6.45) is 0. The second-order valence-corrected chi connectivity index (χ2v) is 4.58. The zero-order valence-corrected chi connectivity index (χ0v) is 10.6. The molecule has 2 N–H and O–H groups in total. The molecular weight excluding hydrogens is 253 g/mol. The van der Waals surface area contributed by atoms with Crippen LogP contribution in [0.1, 0.15) is 18.5 Å². The van der Waals surface area contributed by atoms with Crippen molar-refractivity contribution in [3.05, 3.63) is 33.6 Å². The van der Waals surface area contributed by atoms with Crippen molar-refractivity contribution in [1.29, 1.82) is 0 Å². The Morgan fingerprint density at radius 2 is 2.11 bits per heavy atom. The first-order chi connectivity index (χ1) is 9.00. The molecule has 104 valence electrons. The highest BCUT2D eigenvalue weighted by Gasteiger charge is 2.26. The Hall–Kier alpha value is -1.73. The minimum atomic E-state index is -0.771. The Morgan fingerprint density at radius 3 is 2.68 bits per heavy atom. The molecule has 0 radical (unpaired) electrons. The maximum Gasteiger partial charge on any atom is 0.313 e. The van der Waals surface area contributed by atoms with Crippen LogP contribution in [0, 0.1) is 15.9 Å². The van der Waals surface area contributed by atoms with E-state index in [1.807, 2.05) is 6.92 Å². The van der Waals surface area contributed by atoms with Gasteiger partial charge in [0.1, 0.15) is 5.82 Å². The van der Waals surface area contributed by atoms with E-state index in [2.05, 4.69) is 10.2 Å². The number of hydrogen-bond acceptors (Lipinski definition) is 5. The summed E-state index contributed by atoms with van der Waals surface area (Å²) in [5.41, 5.74) is -0.328. The fraction of sp³-hybridized carbons (Fsp3) is 0.500. The Kier molecular flexibility index (Phi) is 3.96. The molecule has 0 aliphatic carbocycles. The third-order valence-electron chi connectivity index (χ3n) is 3.43. The number of piperazine rings is 1. The molecule has 0 unspecified atom stereocenters. The summed E-state index contributed by atoms with van der Waals surface area (Å²) in [4.78, 5) is 12.1. The van der Waals surface area contributed by atoms with Gasteiger partial charge in [-0.3, -0.25) is 15.0 Å². The third-order valence-corrected chi connectivity index (χ3v) is 3.43. The molecule has 1 heterocycles. The molecule has 0 spiro atoms. The molecule has 0 amide bonds. The van der Waals surface area contributed by atoms with Gasteiger partial charge in [0.2, 0.25) is 0 Å². The SMILES string of the molecule is C[C@H](c1cc(F)cc([N+](=O)[O-])c1O)N1CCNCC1. The Balaban J connectivity index is 2.35. The van der Waals surface area contributed by atoms with Crippen molar-refractivity contribution >= 4 is 5.69 Å². The molecule has 1 fully saturated rings. The number of nitrogens with one attached hydrogen (secondary N) is 1. The number of halogens is 1. The minimum absolute atomic E-state index is 0.258. The van der Waals surface area contributed by atoms with Crippen LogP contribution in [0.4, 0.5) is 10.1 Å². The van der Waals surface area contributed by atoms with E-state index < -0.39 is 22.2 Å². The summed E-state index contributed by atoms with van der Waals surface area (Å²) in [5.74, 6) is -1.15. The summed E-state index contributed by atoms with van der Waals surface area (Å²) >= 11 is 0. The molecule has 1 aromatic rings. The van der Waals surface area contributed by atoms with Crippen LogP contribution in [-0.4, -0.2) is 41.1 Å². The topological polar surface area (TPSA) is 78.6 Å². The van der Waals surface area contributed by atoms with Crippen LogP contribution in [0.5, 0.6) is 5.75 Å². The molecule has 1 atom stereocenters. The summed E-state index contributed by atoms with van der Waals surface area (Å²) < 4.78 is 13.4. The van der Waals surface area contributed by atoms with Gasteiger partial charge in [-0.15, -0.1) is 0 Å². The lowest BCUT2D eigenvalue weighted by molar-refractivity contribution is -0.386. The number of nitro groups is 1. The fourth-order valence-electron chi connectivity index (χ4n) is 2.33. The van der Waals surface area contributed by atoms with Crippen LogP contribution in [-0.2, 0) is 0 Å². The second kappa shape index (κ2) is 5.50. The summed E-state index contributed by atoms with van der Waals surface area (Å²) in [5, 5.41) is 23.9. The first kappa shape index (κ1) is 13.7. The molecule has 1 aliphatic rings. The number of phenolic OH excluding ortho intramolecular Hbond substituents is 1. The Labute approximate surface area is 110 Å². The minimum Gasteiger partial charge on any atom is -0.502 e. The predicted molar refractivity (Wildman–Crippen MR) is 67.6 cm³/mol. The number of aromatic hydroxyl groups is 1. The molecule has 0 bridgehead atoms. The van der Waals surface area contributed by atoms with E-state index in [0.717, 1.165) is 38.3 Å². The molecule has 0 saturated carbocycles. The van der Waals surface area contributed by atoms with E-state index in [9.17, 15) is 19.6 Å². The van der Waals surface area contributed by atoms with Crippen molar-refractivity contribution < 1.29 is 14.4 Å². The highest BCUT2D eigenvalue weighted by molar-refractivity contribution is 5.52. The lowest BCUT2D eigenvalue weighted by Gasteiger charge is -2.33. The van der Waals surface area contributed by atoms with Crippen LogP contribution in [0.15, 0.2) is 12.1 Å². The Morgan fingerprint density at radius 1 is 1.47 bits per heavy atom. The highest BCUT2D eigenvalue weighted by Crippen LogP contribution is 2.36. The number of benzene rings is 1. The normalized spacial score (nSPS) is 18.2. The largest absolute Gasteiger partial charge is 0.502 e. The zero-order valence-electron chi connectivity index (χ0n) is 10.6. The van der Waals surface area contributed by atoms with Crippen LogP contribution >= 0.6 is 0 Å². The van der Waals surface area contributed by atoms with Gasteiger partial charge >= 0.3 is 5.69 Å². The van der Waals surface area contributed by atoms with Crippen LogP contribution in [0.3, 0.4) is 0 Å². The van der Waals surface area contributed by atoms with Gasteiger partial charge in [0.15, 0.2) is 5.75 Å². The first-order valence-electron chi connectivity index (χ1n) is 6.12. The number of nitrogens with zero attached hydrogens (tertiary/aromatic N) is 2. The van der Waals surface area contributed by atoms with Crippen molar-refractivity contribution in [3.63, 3.8) is 0 Å². The number of hydrogen-bond donors (Lipinski definition) is 2. The number of rotatable bonds is 3. The molecule has 0 aromatic heterocycles. The lowest BCUT2D eigenvalue weighted by Crippen LogP contribution is -2.44. The Bertz CT molecular complexity index is 489. The standard InChI is InChI=1S/C12H16FN3O3/c1-8(15-4-2-14-3-5-15)10-6-9(13)7-11(12(10)17)16(18)19/h6-8,14,17H,2-5H2,1H3/t8-/m1/s1. The summed E-state index contributed by atoms with van der Waals surface area (Å²) in [7, 11) is 0. The van der Waals surface area contributed by atoms with Gasteiger partial charge in [0, 0.05) is 37.8 Å². The van der Waals surface area contributed by atoms with Crippen molar-refractivity contribution in [2.45, 2.75) is 13.0 Å². The van der Waals surface area contributed by atoms with E-state index in [1.165, 1.54) is 0 Å². The van der Waals surface area contributed by atoms with Crippen molar-refractivity contribution in [2.24, 2.45) is 0 Å². The number of phenols is 1. The van der Waals surface area contributed by atoms with E-state index in [1.54, 1.807) is 0 Å². The van der Waals surface area contributed by atoms with E-state index in [-0.39, 0.29) is 11.6 Å². The molecular formula is C12H16FN3O3. The van der Waals surface area contributed by atoms with Gasteiger partial charge in [-0.1, -0.05) is 0 Å². The lowest BCUT2D eigenvalue weighted by atomic mass is 10.0. The van der Waals surface area contributed by atoms with Crippen LogP contribution in [0.2, 0.25) is 0 Å². The van der Waals surface area contributed by atoms with Gasteiger partial charge in [-0.25, -0.2) is 4.39 Å². The van der Waals surface area contributed by atoms with Gasteiger partial charge in [-0.05, 0) is 13.0 Å². The molecule has 19 heavy (non-hydrogen) atoms. The van der Waals surface area contributed by atoms with Crippen molar-refractivity contribution in [3.8, 4) is 5.75 Å². The number of nitro benzene ring substituents is 1. The molecule has 7 heteroatoms. The second-order valence-electron chi connectivity index (χ2n) is 4.58. The van der Waals surface area contributed by atoms with E-state index >= 15 is 0 Å². The monoisotopic (exact) mass is 269 g/mol. The maximum atomic E-state index is 13.4. The molecule has 1 aromatic carbocycles. The van der Waals surface area contributed by atoms with E-state index in [0.29, 0.717) is 0 Å². The quantitative estimate of drug-likeness (QED) is 0.640. The highest BCUT2D eigenvalue weighted by atomic mass is 19.1. The first-order valence-corrected chi connectivity index (χ1v) is 6.12. The smallest absolute Gasteiger partial charge is 0.313 e. The molecule has 1 saturated heterocycles. The fourth-order valence-corrected chi connectivity index (χ4v) is 2.33. The predicted octanol–water partition coefficient (Wildman–Crippen LogP) is 1.41. The van der Waals surface area contributed by atoms with Crippen molar-refractivity contribution in [1.82, 2.24) is 10.2 Å². The van der Waals surface area contributed by atoms with Gasteiger partial charge in [0.25, 0.3) is 0 Å². The molecule has 1 aliphatic heterocycles. The zero-order chi connectivity index (χ0) is 14.0. The third kappa shape index (κ3) is 2.82. The molecule has 2 rings (SSSR count). The maximum absolute atomic E-state index is 13.4. The van der Waals surface area contributed by atoms with Crippen LogP contribution in [0.25, 0.3) is 0 Å².